The zero-order chi connectivity index (χ0) is 17.9. The van der Waals surface area contributed by atoms with Crippen LogP contribution in [0.15, 0.2) is 52.8 Å². The Kier molecular flexibility index (Phi) is 4.86. The molecule has 1 amide bonds. The number of carbonyl (C=O) groups is 1. The highest BCUT2D eigenvalue weighted by Crippen LogP contribution is 2.27. The summed E-state index contributed by atoms with van der Waals surface area (Å²) in [6, 6.07) is 11.6. The van der Waals surface area contributed by atoms with Crippen LogP contribution in [0.1, 0.15) is 34.1 Å². The zero-order valence-electron chi connectivity index (χ0n) is 14.4. The Morgan fingerprint density at radius 3 is 2.77 bits per heavy atom. The average Bonchev–Trinajstić information content (AvgIpc) is 3.37. The van der Waals surface area contributed by atoms with Crippen LogP contribution in [0.4, 0.5) is 0 Å². The molecule has 1 fully saturated rings. The number of hydrogen-bond acceptors (Lipinski definition) is 4. The molecule has 2 N–H and O–H groups in total. The predicted octanol–water partition coefficient (Wildman–Crippen LogP) is 3.16. The number of aromatic amines is 1. The van der Waals surface area contributed by atoms with Crippen LogP contribution in [0.25, 0.3) is 10.9 Å². The SMILES string of the molecule is O=C(NCC(c1cccs1)N1CCCC1)c1c[nH]c2ccccc2c1=O. The number of para-hydroxylation sites is 1. The minimum atomic E-state index is -0.322. The Morgan fingerprint density at radius 2 is 2.00 bits per heavy atom. The Bertz CT molecular complexity index is 959. The summed E-state index contributed by atoms with van der Waals surface area (Å²) < 4.78 is 0. The van der Waals surface area contributed by atoms with Crippen molar-refractivity contribution < 1.29 is 4.79 Å². The third-order valence-corrected chi connectivity index (χ3v) is 5.92. The Labute approximate surface area is 155 Å². The molecule has 1 aromatic carbocycles. The van der Waals surface area contributed by atoms with Crippen molar-refractivity contribution in [3.8, 4) is 0 Å². The summed E-state index contributed by atoms with van der Waals surface area (Å²) in [5.41, 5.74) is 0.670. The lowest BCUT2D eigenvalue weighted by Gasteiger charge is -2.26. The number of aromatic nitrogens is 1. The van der Waals surface area contributed by atoms with Gasteiger partial charge in [0.05, 0.1) is 6.04 Å². The second kappa shape index (κ2) is 7.43. The summed E-state index contributed by atoms with van der Waals surface area (Å²) in [5, 5.41) is 5.58. The number of likely N-dealkylation sites (tertiary alicyclic amines) is 1. The number of nitrogens with one attached hydrogen (secondary N) is 2. The number of carbonyl (C=O) groups excluding carboxylic acids is 1. The minimum absolute atomic E-state index is 0.162. The Hall–Kier alpha value is -2.44. The van der Waals surface area contributed by atoms with E-state index in [9.17, 15) is 9.59 Å². The van der Waals surface area contributed by atoms with Crippen LogP contribution in [0.2, 0.25) is 0 Å². The normalized spacial score (nSPS) is 16.0. The van der Waals surface area contributed by atoms with Crippen LogP contribution in [0.3, 0.4) is 0 Å². The second-order valence-electron chi connectivity index (χ2n) is 6.56. The lowest BCUT2D eigenvalue weighted by atomic mass is 10.1. The van der Waals surface area contributed by atoms with E-state index in [1.807, 2.05) is 18.2 Å². The summed E-state index contributed by atoms with van der Waals surface area (Å²) in [6.45, 7) is 2.61. The van der Waals surface area contributed by atoms with Gasteiger partial charge in [-0.25, -0.2) is 0 Å². The van der Waals surface area contributed by atoms with Crippen molar-refractivity contribution >= 4 is 28.1 Å². The fourth-order valence-corrected chi connectivity index (χ4v) is 4.43. The molecule has 0 aliphatic carbocycles. The Morgan fingerprint density at radius 1 is 1.19 bits per heavy atom. The summed E-state index contributed by atoms with van der Waals surface area (Å²) in [7, 11) is 0. The number of pyridine rings is 1. The molecule has 1 atom stereocenters. The lowest BCUT2D eigenvalue weighted by molar-refractivity contribution is 0.0937. The van der Waals surface area contributed by atoms with Gasteiger partial charge in [-0.3, -0.25) is 14.5 Å². The minimum Gasteiger partial charge on any atom is -0.360 e. The maximum atomic E-state index is 12.7. The molecule has 3 aromatic rings. The number of rotatable bonds is 5. The molecule has 1 aliphatic heterocycles. The van der Waals surface area contributed by atoms with Crippen molar-refractivity contribution in [2.75, 3.05) is 19.6 Å². The van der Waals surface area contributed by atoms with Crippen molar-refractivity contribution in [1.82, 2.24) is 15.2 Å². The topological polar surface area (TPSA) is 65.2 Å². The van der Waals surface area contributed by atoms with Gasteiger partial charge in [-0.15, -0.1) is 11.3 Å². The average molecular weight is 367 g/mol. The van der Waals surface area contributed by atoms with E-state index in [0.29, 0.717) is 11.9 Å². The number of hydrogen-bond donors (Lipinski definition) is 2. The molecule has 5 nitrogen and oxygen atoms in total. The molecule has 0 radical (unpaired) electrons. The molecule has 0 bridgehead atoms. The first-order chi connectivity index (χ1) is 12.7. The fraction of sp³-hybridized carbons (Fsp3) is 0.300. The maximum Gasteiger partial charge on any atom is 0.256 e. The van der Waals surface area contributed by atoms with Gasteiger partial charge in [-0.2, -0.15) is 0 Å². The van der Waals surface area contributed by atoms with Gasteiger partial charge in [-0.1, -0.05) is 18.2 Å². The number of thiophene rings is 1. The monoisotopic (exact) mass is 367 g/mol. The third kappa shape index (κ3) is 3.30. The molecule has 0 saturated carbocycles. The first-order valence-corrected chi connectivity index (χ1v) is 9.78. The molecular formula is C20H21N3O2S. The quantitative estimate of drug-likeness (QED) is 0.728. The molecule has 134 valence electrons. The van der Waals surface area contributed by atoms with Crippen LogP contribution in [-0.4, -0.2) is 35.4 Å². The standard InChI is InChI=1S/C20H21N3O2S/c24-19-14-6-1-2-7-16(14)21-12-15(19)20(25)22-13-17(18-8-5-11-26-18)23-9-3-4-10-23/h1-2,5-8,11-12,17H,3-4,9-10,13H2,(H,21,24)(H,22,25). The molecule has 4 rings (SSSR count). The first kappa shape index (κ1) is 17.0. The van der Waals surface area contributed by atoms with Gasteiger partial charge in [0.2, 0.25) is 5.43 Å². The van der Waals surface area contributed by atoms with Crippen molar-refractivity contribution in [1.29, 1.82) is 0 Å². The molecule has 0 spiro atoms. The molecular weight excluding hydrogens is 346 g/mol. The van der Waals surface area contributed by atoms with Gasteiger partial charge < -0.3 is 10.3 Å². The van der Waals surface area contributed by atoms with E-state index < -0.39 is 0 Å². The number of benzene rings is 1. The first-order valence-electron chi connectivity index (χ1n) is 8.90. The third-order valence-electron chi connectivity index (χ3n) is 4.94. The van der Waals surface area contributed by atoms with Gasteiger partial charge in [0.15, 0.2) is 0 Å². The summed E-state index contributed by atoms with van der Waals surface area (Å²) >= 11 is 1.71. The van der Waals surface area contributed by atoms with Gasteiger partial charge in [0.25, 0.3) is 5.91 Å². The molecule has 1 unspecified atom stereocenters. The smallest absolute Gasteiger partial charge is 0.256 e. The number of fused-ring (bicyclic) bond motifs is 1. The van der Waals surface area contributed by atoms with Crippen molar-refractivity contribution in [3.63, 3.8) is 0 Å². The van der Waals surface area contributed by atoms with Crippen LogP contribution in [-0.2, 0) is 0 Å². The van der Waals surface area contributed by atoms with Crippen LogP contribution < -0.4 is 10.7 Å². The van der Waals surface area contributed by atoms with E-state index in [1.165, 1.54) is 23.9 Å². The van der Waals surface area contributed by atoms with Gasteiger partial charge >= 0.3 is 0 Å². The largest absolute Gasteiger partial charge is 0.360 e. The van der Waals surface area contributed by atoms with E-state index >= 15 is 0 Å². The summed E-state index contributed by atoms with van der Waals surface area (Å²) in [4.78, 5) is 32.0. The zero-order valence-corrected chi connectivity index (χ0v) is 15.2. The number of nitrogens with zero attached hydrogens (tertiary/aromatic N) is 1. The summed E-state index contributed by atoms with van der Waals surface area (Å²) in [6.07, 6.45) is 3.90. The van der Waals surface area contributed by atoms with Gasteiger partial charge in [0, 0.05) is 28.5 Å². The summed E-state index contributed by atoms with van der Waals surface area (Å²) in [5.74, 6) is -0.322. The van der Waals surface area contributed by atoms with E-state index in [2.05, 4.69) is 26.6 Å². The van der Waals surface area contributed by atoms with E-state index in [4.69, 9.17) is 0 Å². The molecule has 1 aliphatic rings. The van der Waals surface area contributed by atoms with Crippen LogP contribution in [0.5, 0.6) is 0 Å². The number of H-pyrrole nitrogens is 1. The van der Waals surface area contributed by atoms with Gasteiger partial charge in [0.1, 0.15) is 5.56 Å². The van der Waals surface area contributed by atoms with Crippen molar-refractivity contribution in [2.24, 2.45) is 0 Å². The number of amides is 1. The maximum absolute atomic E-state index is 12.7. The molecule has 2 aromatic heterocycles. The fourth-order valence-electron chi connectivity index (χ4n) is 3.56. The van der Waals surface area contributed by atoms with Crippen LogP contribution >= 0.6 is 11.3 Å². The van der Waals surface area contributed by atoms with Crippen molar-refractivity contribution in [3.05, 3.63) is 68.6 Å². The highest BCUT2D eigenvalue weighted by Gasteiger charge is 2.25. The van der Waals surface area contributed by atoms with Gasteiger partial charge in [-0.05, 0) is 49.5 Å². The van der Waals surface area contributed by atoms with Crippen molar-refractivity contribution in [2.45, 2.75) is 18.9 Å². The lowest BCUT2D eigenvalue weighted by Crippen LogP contribution is -2.37. The Balaban J connectivity index is 1.54. The highest BCUT2D eigenvalue weighted by atomic mass is 32.1. The van der Waals surface area contributed by atoms with Crippen LogP contribution in [0, 0.1) is 0 Å². The predicted molar refractivity (Wildman–Crippen MR) is 105 cm³/mol. The molecule has 1 saturated heterocycles. The van der Waals surface area contributed by atoms with E-state index in [-0.39, 0.29) is 22.9 Å². The van der Waals surface area contributed by atoms with E-state index in [1.54, 1.807) is 23.5 Å². The highest BCUT2D eigenvalue weighted by molar-refractivity contribution is 7.10. The molecule has 26 heavy (non-hydrogen) atoms. The molecule has 3 heterocycles. The second-order valence-corrected chi connectivity index (χ2v) is 7.54. The van der Waals surface area contributed by atoms with E-state index in [0.717, 1.165) is 18.6 Å². The molecule has 6 heteroatoms.